The van der Waals surface area contributed by atoms with Crippen molar-refractivity contribution in [3.63, 3.8) is 0 Å². The van der Waals surface area contributed by atoms with Gasteiger partial charge in [-0.2, -0.15) is 0 Å². The van der Waals surface area contributed by atoms with E-state index in [0.717, 1.165) is 39.2 Å². The summed E-state index contributed by atoms with van der Waals surface area (Å²) < 4.78 is 10.7. The summed E-state index contributed by atoms with van der Waals surface area (Å²) >= 11 is 0. The molecule has 32 heavy (non-hydrogen) atoms. The molecule has 5 nitrogen and oxygen atoms in total. The zero-order chi connectivity index (χ0) is 22.5. The number of hydrogen-bond donors (Lipinski definition) is 0. The first-order valence-electron chi connectivity index (χ1n) is 10.3. The van der Waals surface area contributed by atoms with Crippen LogP contribution in [-0.4, -0.2) is 46.0 Å². The topological polar surface area (TPSA) is 51.1 Å². The minimum absolute atomic E-state index is 0.0715. The molecule has 4 rings (SSSR count). The van der Waals surface area contributed by atoms with Crippen LogP contribution >= 0.6 is 0 Å². The summed E-state index contributed by atoms with van der Waals surface area (Å²) in [6, 6.07) is 21.9. The second-order valence-electron chi connectivity index (χ2n) is 7.37. The molecule has 0 bridgehead atoms. The smallest absolute Gasteiger partial charge is 0.248 e. The van der Waals surface area contributed by atoms with Gasteiger partial charge in [-0.1, -0.05) is 54.3 Å². The lowest BCUT2D eigenvalue weighted by Crippen LogP contribution is -2.27. The highest BCUT2D eigenvalue weighted by Gasteiger charge is 2.25. The Morgan fingerprint density at radius 1 is 0.969 bits per heavy atom. The van der Waals surface area contributed by atoms with Crippen LogP contribution in [0.3, 0.4) is 0 Å². The molecule has 0 fully saturated rings. The first-order valence-corrected chi connectivity index (χ1v) is 10.3. The van der Waals surface area contributed by atoms with Crippen molar-refractivity contribution in [2.24, 2.45) is 4.99 Å². The fourth-order valence-electron chi connectivity index (χ4n) is 3.69. The lowest BCUT2D eigenvalue weighted by atomic mass is 9.94. The molecule has 0 radical (unpaired) electrons. The van der Waals surface area contributed by atoms with Crippen LogP contribution in [-0.2, 0) is 9.53 Å². The van der Waals surface area contributed by atoms with Crippen molar-refractivity contribution in [3.05, 3.63) is 83.4 Å². The average Bonchev–Trinajstić information content (AvgIpc) is 2.96. The largest absolute Gasteiger partial charge is 0.496 e. The van der Waals surface area contributed by atoms with E-state index >= 15 is 0 Å². The minimum atomic E-state index is -0.0715. The predicted molar refractivity (Wildman–Crippen MR) is 128 cm³/mol. The Morgan fingerprint density at radius 2 is 1.72 bits per heavy atom. The summed E-state index contributed by atoms with van der Waals surface area (Å²) in [5.74, 6) is 6.67. The Labute approximate surface area is 188 Å². The standard InChI is InChI=1S/C27H24N2O3/c1-29-24-17-25(32-3)22(20-9-5-4-6-10-20)16-23(24)27(28-18-26(29)30)21-13-11-19(12-14-21)8-7-15-31-2/h4-6,9-14,16-17H,15,18H2,1-3H3. The van der Waals surface area contributed by atoms with Crippen LogP contribution in [0.15, 0.2) is 71.7 Å². The Balaban J connectivity index is 1.85. The third-order valence-electron chi connectivity index (χ3n) is 5.37. The quantitative estimate of drug-likeness (QED) is 0.591. The van der Waals surface area contributed by atoms with Crippen molar-refractivity contribution < 1.29 is 14.3 Å². The number of benzene rings is 3. The molecule has 3 aromatic rings. The number of hydrogen-bond acceptors (Lipinski definition) is 4. The van der Waals surface area contributed by atoms with Crippen LogP contribution in [0.2, 0.25) is 0 Å². The van der Waals surface area contributed by atoms with E-state index in [4.69, 9.17) is 14.5 Å². The van der Waals surface area contributed by atoms with Gasteiger partial charge < -0.3 is 14.4 Å². The van der Waals surface area contributed by atoms with Crippen LogP contribution in [0.25, 0.3) is 11.1 Å². The predicted octanol–water partition coefficient (Wildman–Crippen LogP) is 4.17. The fraction of sp³-hybridized carbons (Fsp3) is 0.185. The van der Waals surface area contributed by atoms with Crippen LogP contribution in [0, 0.1) is 11.8 Å². The molecule has 1 heterocycles. The van der Waals surface area contributed by atoms with E-state index in [1.165, 1.54) is 0 Å². The van der Waals surface area contributed by atoms with E-state index in [-0.39, 0.29) is 12.5 Å². The number of fused-ring (bicyclic) bond motifs is 1. The molecule has 3 aromatic carbocycles. The second kappa shape index (κ2) is 9.51. The number of rotatable bonds is 4. The van der Waals surface area contributed by atoms with Gasteiger partial charge in [-0.25, -0.2) is 0 Å². The van der Waals surface area contributed by atoms with Gasteiger partial charge in [0.2, 0.25) is 5.91 Å². The van der Waals surface area contributed by atoms with Gasteiger partial charge in [-0.15, -0.1) is 0 Å². The normalized spacial score (nSPS) is 12.9. The van der Waals surface area contributed by atoms with E-state index in [1.54, 1.807) is 26.2 Å². The number of anilines is 1. The van der Waals surface area contributed by atoms with E-state index in [1.807, 2.05) is 60.7 Å². The van der Waals surface area contributed by atoms with Crippen LogP contribution in [0.1, 0.15) is 16.7 Å². The van der Waals surface area contributed by atoms with Gasteiger partial charge >= 0.3 is 0 Å². The van der Waals surface area contributed by atoms with Crippen molar-refractivity contribution in [2.45, 2.75) is 0 Å². The molecule has 0 aromatic heterocycles. The molecule has 0 atom stereocenters. The molecule has 0 spiro atoms. The third kappa shape index (κ3) is 4.27. The van der Waals surface area contributed by atoms with Gasteiger partial charge in [-0.3, -0.25) is 9.79 Å². The molecular formula is C27H24N2O3. The number of amides is 1. The van der Waals surface area contributed by atoms with Crippen LogP contribution in [0.5, 0.6) is 5.75 Å². The van der Waals surface area contributed by atoms with Gasteiger partial charge in [0, 0.05) is 42.5 Å². The van der Waals surface area contributed by atoms with E-state index in [9.17, 15) is 4.79 Å². The summed E-state index contributed by atoms with van der Waals surface area (Å²) in [4.78, 5) is 19.0. The molecule has 0 aliphatic carbocycles. The number of aliphatic imine (C=N–C) groups is 1. The molecule has 0 unspecified atom stereocenters. The first kappa shape index (κ1) is 21.4. The van der Waals surface area contributed by atoms with Gasteiger partial charge in [0.05, 0.1) is 18.5 Å². The number of carbonyl (C=O) groups is 1. The Morgan fingerprint density at radius 3 is 2.41 bits per heavy atom. The second-order valence-corrected chi connectivity index (χ2v) is 7.37. The Hall–Kier alpha value is -3.88. The molecule has 1 aliphatic heterocycles. The molecule has 0 N–H and O–H groups in total. The summed E-state index contributed by atoms with van der Waals surface area (Å²) in [6.07, 6.45) is 0. The highest BCUT2D eigenvalue weighted by Crippen LogP contribution is 2.38. The van der Waals surface area contributed by atoms with Crippen molar-refractivity contribution in [1.29, 1.82) is 0 Å². The first-order chi connectivity index (χ1) is 15.6. The highest BCUT2D eigenvalue weighted by molar-refractivity contribution is 6.20. The number of likely N-dealkylation sites (N-methyl/N-ethyl adjacent to an activating group) is 1. The Kier molecular flexibility index (Phi) is 6.34. The van der Waals surface area contributed by atoms with Crippen molar-refractivity contribution in [3.8, 4) is 28.7 Å². The number of benzodiazepines with no additional fused rings is 1. The van der Waals surface area contributed by atoms with E-state index in [2.05, 4.69) is 17.9 Å². The van der Waals surface area contributed by atoms with Crippen LogP contribution < -0.4 is 9.64 Å². The maximum atomic E-state index is 12.7. The average molecular weight is 425 g/mol. The van der Waals surface area contributed by atoms with E-state index in [0.29, 0.717) is 12.4 Å². The molecule has 1 amide bonds. The van der Waals surface area contributed by atoms with Crippen LogP contribution in [0.4, 0.5) is 5.69 Å². The Bertz CT molecular complexity index is 1220. The zero-order valence-electron chi connectivity index (χ0n) is 18.4. The summed E-state index contributed by atoms with van der Waals surface area (Å²) in [7, 11) is 5.04. The third-order valence-corrected chi connectivity index (χ3v) is 5.37. The number of ether oxygens (including phenoxy) is 2. The number of carbonyl (C=O) groups excluding carboxylic acids is 1. The number of methoxy groups -OCH3 is 2. The van der Waals surface area contributed by atoms with Gasteiger partial charge in [0.15, 0.2) is 0 Å². The SMILES string of the molecule is COCC#Cc1ccc(C2=NCC(=O)N(C)c3cc(OC)c(-c4ccccc4)cc32)cc1. The van der Waals surface area contributed by atoms with Crippen molar-refractivity contribution >= 4 is 17.3 Å². The molecule has 0 saturated carbocycles. The molecular weight excluding hydrogens is 400 g/mol. The summed E-state index contributed by atoms with van der Waals surface area (Å²) in [6.45, 7) is 0.472. The minimum Gasteiger partial charge on any atom is -0.496 e. The molecule has 1 aliphatic rings. The summed E-state index contributed by atoms with van der Waals surface area (Å²) in [5.41, 5.74) is 6.23. The molecule has 5 heteroatoms. The monoisotopic (exact) mass is 424 g/mol. The van der Waals surface area contributed by atoms with Gasteiger partial charge in [0.1, 0.15) is 18.9 Å². The maximum Gasteiger partial charge on any atom is 0.248 e. The van der Waals surface area contributed by atoms with Gasteiger partial charge in [0.25, 0.3) is 0 Å². The van der Waals surface area contributed by atoms with Crippen molar-refractivity contribution in [2.75, 3.05) is 39.3 Å². The molecule has 0 saturated heterocycles. The van der Waals surface area contributed by atoms with Crippen molar-refractivity contribution in [1.82, 2.24) is 0 Å². The maximum absolute atomic E-state index is 12.7. The number of nitrogens with zero attached hydrogens (tertiary/aromatic N) is 2. The zero-order valence-corrected chi connectivity index (χ0v) is 18.4. The summed E-state index contributed by atoms with van der Waals surface area (Å²) in [5, 5.41) is 0. The lowest BCUT2D eigenvalue weighted by molar-refractivity contribution is -0.116. The highest BCUT2D eigenvalue weighted by atomic mass is 16.5. The van der Waals surface area contributed by atoms with Gasteiger partial charge in [-0.05, 0) is 23.8 Å². The van der Waals surface area contributed by atoms with E-state index < -0.39 is 0 Å². The lowest BCUT2D eigenvalue weighted by Gasteiger charge is -2.21. The fourth-order valence-corrected chi connectivity index (χ4v) is 3.69. The molecule has 160 valence electrons.